The number of nitrogens with zero attached hydrogens (tertiary/aromatic N) is 1. The van der Waals surface area contributed by atoms with E-state index in [9.17, 15) is 4.79 Å². The molecule has 98 valence electrons. The van der Waals surface area contributed by atoms with Crippen LogP contribution in [0.4, 0.5) is 0 Å². The molecular weight excluding hydrogens is 234 g/mol. The number of hydrogen-bond acceptors (Lipinski definition) is 1. The zero-order valence-corrected chi connectivity index (χ0v) is 11.3. The minimum absolute atomic E-state index is 0.103. The lowest BCUT2D eigenvalue weighted by Crippen LogP contribution is -2.31. The van der Waals surface area contributed by atoms with Crippen molar-refractivity contribution in [1.82, 2.24) is 4.90 Å². The van der Waals surface area contributed by atoms with Crippen molar-refractivity contribution < 1.29 is 4.79 Å². The van der Waals surface area contributed by atoms with Crippen LogP contribution in [0.25, 0.3) is 0 Å². The Morgan fingerprint density at radius 2 is 1.53 bits per heavy atom. The van der Waals surface area contributed by atoms with Crippen LogP contribution in [0.3, 0.4) is 0 Å². The number of carbonyl (C=O) groups is 1. The first-order chi connectivity index (χ1) is 9.31. The lowest BCUT2D eigenvalue weighted by Gasteiger charge is -2.22. The molecule has 0 spiro atoms. The average Bonchev–Trinajstić information content (AvgIpc) is 2.48. The van der Waals surface area contributed by atoms with Crippen molar-refractivity contribution in [3.8, 4) is 0 Å². The second-order valence-electron chi connectivity index (χ2n) is 4.58. The van der Waals surface area contributed by atoms with Gasteiger partial charge in [0, 0.05) is 18.7 Å². The number of rotatable bonds is 5. The van der Waals surface area contributed by atoms with Crippen LogP contribution in [-0.2, 0) is 6.54 Å². The van der Waals surface area contributed by atoms with Crippen molar-refractivity contribution in [3.05, 3.63) is 71.8 Å². The van der Waals surface area contributed by atoms with E-state index >= 15 is 0 Å². The van der Waals surface area contributed by atoms with Gasteiger partial charge in [-0.2, -0.15) is 0 Å². The summed E-state index contributed by atoms with van der Waals surface area (Å²) in [4.78, 5) is 14.4. The minimum Gasteiger partial charge on any atom is -0.334 e. The van der Waals surface area contributed by atoms with Gasteiger partial charge in [0.05, 0.1) is 0 Å². The van der Waals surface area contributed by atoms with Gasteiger partial charge in [-0.15, -0.1) is 0 Å². The fourth-order valence-electron chi connectivity index (χ4n) is 2.09. The van der Waals surface area contributed by atoms with Gasteiger partial charge in [0.15, 0.2) is 0 Å². The quantitative estimate of drug-likeness (QED) is 0.795. The Bertz CT molecular complexity index is 507. The van der Waals surface area contributed by atoms with Crippen molar-refractivity contribution in [2.45, 2.75) is 19.9 Å². The molecule has 0 bridgehead atoms. The topological polar surface area (TPSA) is 20.3 Å². The number of carbonyl (C=O) groups excluding carboxylic acids is 1. The van der Waals surface area contributed by atoms with Crippen molar-refractivity contribution in [2.75, 3.05) is 6.54 Å². The predicted molar refractivity (Wildman–Crippen MR) is 77.9 cm³/mol. The standard InChI is InChI=1S/C17H19NO/c1-2-13-18(14-15-9-5-3-6-10-15)17(19)16-11-7-4-8-12-16/h3-12H,2,13-14H2,1H3. The monoisotopic (exact) mass is 253 g/mol. The van der Waals surface area contributed by atoms with Crippen LogP contribution in [0.2, 0.25) is 0 Å². The van der Waals surface area contributed by atoms with Gasteiger partial charge < -0.3 is 4.90 Å². The van der Waals surface area contributed by atoms with Crippen LogP contribution in [0.15, 0.2) is 60.7 Å². The molecule has 0 atom stereocenters. The highest BCUT2D eigenvalue weighted by atomic mass is 16.2. The van der Waals surface area contributed by atoms with E-state index < -0.39 is 0 Å². The van der Waals surface area contributed by atoms with E-state index in [0.717, 1.165) is 18.5 Å². The predicted octanol–water partition coefficient (Wildman–Crippen LogP) is 3.74. The fourth-order valence-corrected chi connectivity index (χ4v) is 2.09. The van der Waals surface area contributed by atoms with Crippen molar-refractivity contribution in [1.29, 1.82) is 0 Å². The van der Waals surface area contributed by atoms with E-state index in [-0.39, 0.29) is 5.91 Å². The van der Waals surface area contributed by atoms with Gasteiger partial charge in [-0.25, -0.2) is 0 Å². The Morgan fingerprint density at radius 3 is 2.11 bits per heavy atom. The van der Waals surface area contributed by atoms with Crippen LogP contribution < -0.4 is 0 Å². The van der Waals surface area contributed by atoms with E-state index in [1.807, 2.05) is 53.4 Å². The molecule has 19 heavy (non-hydrogen) atoms. The van der Waals surface area contributed by atoms with Gasteiger partial charge in [-0.05, 0) is 24.1 Å². The zero-order valence-electron chi connectivity index (χ0n) is 11.3. The number of hydrogen-bond donors (Lipinski definition) is 0. The van der Waals surface area contributed by atoms with Crippen molar-refractivity contribution in [2.24, 2.45) is 0 Å². The summed E-state index contributed by atoms with van der Waals surface area (Å²) in [5.74, 6) is 0.103. The summed E-state index contributed by atoms with van der Waals surface area (Å²) in [5, 5.41) is 0. The molecule has 0 aromatic heterocycles. The van der Waals surface area contributed by atoms with E-state index in [4.69, 9.17) is 0 Å². The third kappa shape index (κ3) is 3.68. The molecule has 2 nitrogen and oxygen atoms in total. The molecule has 2 heteroatoms. The van der Waals surface area contributed by atoms with Crippen LogP contribution >= 0.6 is 0 Å². The summed E-state index contributed by atoms with van der Waals surface area (Å²) in [7, 11) is 0. The molecule has 2 rings (SSSR count). The summed E-state index contributed by atoms with van der Waals surface area (Å²) in [5.41, 5.74) is 1.92. The maximum Gasteiger partial charge on any atom is 0.254 e. The lowest BCUT2D eigenvalue weighted by atomic mass is 10.1. The normalized spacial score (nSPS) is 10.2. The molecule has 1 amide bonds. The Balaban J connectivity index is 2.14. The van der Waals surface area contributed by atoms with Gasteiger partial charge in [0.1, 0.15) is 0 Å². The van der Waals surface area contributed by atoms with Gasteiger partial charge >= 0.3 is 0 Å². The third-order valence-electron chi connectivity index (χ3n) is 3.02. The van der Waals surface area contributed by atoms with Crippen LogP contribution in [-0.4, -0.2) is 17.4 Å². The molecule has 2 aromatic carbocycles. The maximum atomic E-state index is 12.5. The zero-order chi connectivity index (χ0) is 13.5. The van der Waals surface area contributed by atoms with Crippen LogP contribution in [0, 0.1) is 0 Å². The lowest BCUT2D eigenvalue weighted by molar-refractivity contribution is 0.0743. The highest BCUT2D eigenvalue weighted by molar-refractivity contribution is 5.94. The first-order valence-electron chi connectivity index (χ1n) is 6.69. The molecule has 0 saturated heterocycles. The SMILES string of the molecule is CCCN(Cc1ccccc1)C(=O)c1ccccc1. The van der Waals surface area contributed by atoms with E-state index in [1.165, 1.54) is 5.56 Å². The largest absolute Gasteiger partial charge is 0.334 e. The van der Waals surface area contributed by atoms with E-state index in [0.29, 0.717) is 6.54 Å². The molecule has 0 N–H and O–H groups in total. The highest BCUT2D eigenvalue weighted by Gasteiger charge is 2.14. The Labute approximate surface area is 114 Å². The maximum absolute atomic E-state index is 12.5. The summed E-state index contributed by atoms with van der Waals surface area (Å²) in [6.07, 6.45) is 0.964. The van der Waals surface area contributed by atoms with Crippen LogP contribution in [0.1, 0.15) is 29.3 Å². The number of benzene rings is 2. The minimum atomic E-state index is 0.103. The van der Waals surface area contributed by atoms with Gasteiger partial charge in [-0.1, -0.05) is 55.5 Å². The van der Waals surface area contributed by atoms with E-state index in [1.54, 1.807) is 0 Å². The van der Waals surface area contributed by atoms with Gasteiger partial charge in [0.25, 0.3) is 5.91 Å². The van der Waals surface area contributed by atoms with Crippen molar-refractivity contribution >= 4 is 5.91 Å². The Morgan fingerprint density at radius 1 is 0.947 bits per heavy atom. The molecular formula is C17H19NO. The van der Waals surface area contributed by atoms with Gasteiger partial charge in [-0.3, -0.25) is 4.79 Å². The summed E-state index contributed by atoms with van der Waals surface area (Å²) in [6, 6.07) is 19.6. The fraction of sp³-hybridized carbons (Fsp3) is 0.235. The molecule has 0 heterocycles. The first kappa shape index (κ1) is 13.3. The smallest absolute Gasteiger partial charge is 0.254 e. The Hall–Kier alpha value is -2.09. The molecule has 2 aromatic rings. The highest BCUT2D eigenvalue weighted by Crippen LogP contribution is 2.10. The molecule has 0 fully saturated rings. The second-order valence-corrected chi connectivity index (χ2v) is 4.58. The summed E-state index contributed by atoms with van der Waals surface area (Å²) >= 11 is 0. The first-order valence-corrected chi connectivity index (χ1v) is 6.69. The molecule has 0 aliphatic rings. The molecule has 0 aliphatic carbocycles. The van der Waals surface area contributed by atoms with Crippen molar-refractivity contribution in [3.63, 3.8) is 0 Å². The van der Waals surface area contributed by atoms with E-state index in [2.05, 4.69) is 19.1 Å². The second kappa shape index (κ2) is 6.74. The van der Waals surface area contributed by atoms with Gasteiger partial charge in [0.2, 0.25) is 0 Å². The average molecular weight is 253 g/mol. The number of amides is 1. The third-order valence-corrected chi connectivity index (χ3v) is 3.02. The molecule has 0 aliphatic heterocycles. The molecule has 0 radical (unpaired) electrons. The van der Waals surface area contributed by atoms with Crippen LogP contribution in [0.5, 0.6) is 0 Å². The summed E-state index contributed by atoms with van der Waals surface area (Å²) < 4.78 is 0. The molecule has 0 unspecified atom stereocenters. The summed E-state index contributed by atoms with van der Waals surface area (Å²) in [6.45, 7) is 3.54. The Kier molecular flexibility index (Phi) is 4.73. The molecule has 0 saturated carbocycles.